The molecule has 64 heavy (non-hydrogen) atoms. The zero-order valence-electron chi connectivity index (χ0n) is 35.3. The third kappa shape index (κ3) is 8.10. The molecule has 5 amide bonds. The zero-order valence-corrected chi connectivity index (χ0v) is 35.3. The van der Waals surface area contributed by atoms with Crippen molar-refractivity contribution < 1.29 is 28.4 Å². The van der Waals surface area contributed by atoms with Gasteiger partial charge in [0.15, 0.2) is 0 Å². The predicted molar refractivity (Wildman–Crippen MR) is 236 cm³/mol. The molecule has 326 valence electrons. The van der Waals surface area contributed by atoms with Gasteiger partial charge in [-0.25, -0.2) is 14.4 Å². The number of nitrogens with zero attached hydrogens (tertiary/aromatic N) is 7. The minimum absolute atomic E-state index is 0.0216. The van der Waals surface area contributed by atoms with Crippen molar-refractivity contribution in [1.29, 1.82) is 0 Å². The van der Waals surface area contributed by atoms with E-state index in [1.807, 2.05) is 72.5 Å². The molecule has 3 unspecified atom stereocenters. The van der Waals surface area contributed by atoms with Crippen LogP contribution in [0.2, 0.25) is 0 Å². The zero-order chi connectivity index (χ0) is 44.1. The summed E-state index contributed by atoms with van der Waals surface area (Å²) in [4.78, 5) is 85.2. The van der Waals surface area contributed by atoms with Gasteiger partial charge in [0.05, 0.1) is 22.5 Å². The number of hydrogen-bond acceptors (Lipinski definition) is 12. The van der Waals surface area contributed by atoms with Crippen molar-refractivity contribution in [3.8, 4) is 11.3 Å². The van der Waals surface area contributed by atoms with Gasteiger partial charge in [-0.05, 0) is 117 Å². The molecular weight excluding hydrogens is 816 g/mol. The number of hydrogen-bond donors (Lipinski definition) is 3. The lowest BCUT2D eigenvalue weighted by Gasteiger charge is -2.39. The normalized spacial score (nSPS) is 21.4. The van der Waals surface area contributed by atoms with Gasteiger partial charge in [-0.1, -0.05) is 18.2 Å². The van der Waals surface area contributed by atoms with Crippen molar-refractivity contribution in [2.75, 3.05) is 48.3 Å². The Bertz CT molecular complexity index is 2670. The lowest BCUT2D eigenvalue weighted by Crippen LogP contribution is -2.54. The monoisotopic (exact) mass is 862 g/mol. The van der Waals surface area contributed by atoms with E-state index in [9.17, 15) is 24.0 Å². The fraction of sp³-hybridized carbons (Fsp3) is 0.333. The lowest BCUT2D eigenvalue weighted by atomic mass is 9.95. The first-order valence-electron chi connectivity index (χ1n) is 21.8. The van der Waals surface area contributed by atoms with E-state index in [1.165, 1.54) is 6.07 Å². The number of benzene rings is 3. The SMILES string of the molecule is Cc1ccc(NC(=O)c2ccc(CN3CCC(CN4CC5CC4CN5c4cc5c(cc4F)C(=O)N(C4CCC(=O)NC4=O)C5=O)CC3)cc2)cc1Nc1nccc(-c2cccnc2)n1. The molecule has 7 heterocycles. The molecule has 3 aromatic carbocycles. The van der Waals surface area contributed by atoms with Crippen LogP contribution in [0.4, 0.5) is 27.4 Å². The van der Waals surface area contributed by atoms with Gasteiger partial charge >= 0.3 is 0 Å². The Morgan fingerprint density at radius 1 is 0.891 bits per heavy atom. The largest absolute Gasteiger partial charge is 0.363 e. The van der Waals surface area contributed by atoms with Gasteiger partial charge in [-0.3, -0.25) is 49.0 Å². The minimum atomic E-state index is -1.09. The Labute approximate surface area is 369 Å². The maximum absolute atomic E-state index is 15.7. The number of likely N-dealkylation sites (tertiary alicyclic amines) is 2. The van der Waals surface area contributed by atoms with E-state index in [4.69, 9.17) is 0 Å². The maximum Gasteiger partial charge on any atom is 0.262 e. The average Bonchev–Trinajstić information content (AvgIpc) is 3.97. The molecule has 0 saturated carbocycles. The van der Waals surface area contributed by atoms with Gasteiger partial charge in [0.25, 0.3) is 17.7 Å². The molecule has 5 aliphatic heterocycles. The summed E-state index contributed by atoms with van der Waals surface area (Å²) in [5.74, 6) is -2.24. The third-order valence-electron chi connectivity index (χ3n) is 13.3. The van der Waals surface area contributed by atoms with E-state index < -0.39 is 35.5 Å². The molecule has 5 aromatic rings. The highest BCUT2D eigenvalue weighted by molar-refractivity contribution is 6.23. The number of carbonyl (C=O) groups is 5. The third-order valence-corrected chi connectivity index (χ3v) is 13.3. The van der Waals surface area contributed by atoms with E-state index in [1.54, 1.807) is 18.6 Å². The molecule has 2 aromatic heterocycles. The van der Waals surface area contributed by atoms with E-state index in [-0.39, 0.29) is 42.0 Å². The van der Waals surface area contributed by atoms with Crippen molar-refractivity contribution in [2.45, 2.75) is 63.7 Å². The summed E-state index contributed by atoms with van der Waals surface area (Å²) in [5, 5.41) is 8.51. The second kappa shape index (κ2) is 17.0. The van der Waals surface area contributed by atoms with Crippen molar-refractivity contribution in [2.24, 2.45) is 5.92 Å². The molecule has 3 N–H and O–H groups in total. The second-order valence-corrected chi connectivity index (χ2v) is 17.5. The number of carbonyl (C=O) groups excluding carboxylic acids is 5. The van der Waals surface area contributed by atoms with Crippen molar-refractivity contribution >= 4 is 52.5 Å². The molecule has 0 aliphatic carbocycles. The summed E-state index contributed by atoms with van der Waals surface area (Å²) < 4.78 is 15.7. The molecule has 4 saturated heterocycles. The van der Waals surface area contributed by atoms with Gasteiger partial charge in [-0.15, -0.1) is 0 Å². The molecule has 5 aliphatic rings. The molecular formula is C48H47FN10O5. The second-order valence-electron chi connectivity index (χ2n) is 17.5. The number of aryl methyl sites for hydroxylation is 1. The highest BCUT2D eigenvalue weighted by atomic mass is 19.1. The van der Waals surface area contributed by atoms with Crippen molar-refractivity contribution in [1.82, 2.24) is 35.0 Å². The Balaban J connectivity index is 0.689. The molecule has 0 radical (unpaired) electrons. The highest BCUT2D eigenvalue weighted by Gasteiger charge is 2.48. The van der Waals surface area contributed by atoms with Crippen LogP contribution in [0.1, 0.15) is 74.3 Å². The summed E-state index contributed by atoms with van der Waals surface area (Å²) in [6.45, 7) is 7.16. The maximum atomic E-state index is 15.7. The number of aromatic nitrogens is 3. The summed E-state index contributed by atoms with van der Waals surface area (Å²) in [6, 6.07) is 21.0. The first-order chi connectivity index (χ1) is 31.0. The standard InChI is InChI=1S/C48H47FN10O5/c1-28-4-9-33(19-40(28)54-48-51-16-12-39(53-48)32-3-2-15-50-23-32)52-44(61)31-7-5-29(6-8-31)24-56-17-13-30(14-18-56)25-57-26-35-20-34(57)27-58(35)42-22-37-36(21-38(42)49)46(63)59(47(37)64)41-10-11-43(60)55-45(41)62/h2-9,12,15-16,19,21-23,30,34-35,41H,10-11,13-14,17-18,20,24-27H2,1H3,(H,52,61)(H,51,53,54)(H,55,60,62). The van der Waals surface area contributed by atoms with Gasteiger partial charge in [0, 0.05) is 85.8 Å². The number of nitrogens with one attached hydrogen (secondary N) is 3. The van der Waals surface area contributed by atoms with Gasteiger partial charge in [0.1, 0.15) is 11.9 Å². The van der Waals surface area contributed by atoms with Gasteiger partial charge < -0.3 is 15.5 Å². The lowest BCUT2D eigenvalue weighted by molar-refractivity contribution is -0.136. The van der Waals surface area contributed by atoms with Crippen LogP contribution in [0, 0.1) is 18.7 Å². The molecule has 10 rings (SSSR count). The number of pyridine rings is 1. The number of imide groups is 2. The Kier molecular flexibility index (Phi) is 10.9. The topological polar surface area (TPSA) is 173 Å². The van der Waals surface area contributed by atoms with Crippen molar-refractivity contribution in [3.63, 3.8) is 0 Å². The summed E-state index contributed by atoms with van der Waals surface area (Å²) in [7, 11) is 0. The highest BCUT2D eigenvalue weighted by Crippen LogP contribution is 2.40. The van der Waals surface area contributed by atoms with Crippen LogP contribution >= 0.6 is 0 Å². The Morgan fingerprint density at radius 3 is 2.42 bits per heavy atom. The molecule has 15 nitrogen and oxygen atoms in total. The smallest absolute Gasteiger partial charge is 0.262 e. The van der Waals surface area contributed by atoms with E-state index in [0.717, 1.165) is 91.0 Å². The summed E-state index contributed by atoms with van der Waals surface area (Å²) in [6.07, 6.45) is 8.30. The van der Waals surface area contributed by atoms with Crippen LogP contribution in [0.5, 0.6) is 0 Å². The molecule has 3 atom stereocenters. The van der Waals surface area contributed by atoms with Crippen molar-refractivity contribution in [3.05, 3.63) is 125 Å². The first kappa shape index (κ1) is 41.1. The Morgan fingerprint density at radius 2 is 1.69 bits per heavy atom. The number of halogens is 1. The molecule has 0 spiro atoms. The average molecular weight is 863 g/mol. The van der Waals surface area contributed by atoms with E-state index in [2.05, 4.69) is 40.7 Å². The fourth-order valence-electron chi connectivity index (χ4n) is 9.90. The van der Waals surface area contributed by atoms with Gasteiger partial charge in [-0.2, -0.15) is 0 Å². The quantitative estimate of drug-likeness (QED) is 0.142. The number of fused-ring (bicyclic) bond motifs is 3. The minimum Gasteiger partial charge on any atom is -0.363 e. The van der Waals surface area contributed by atoms with Crippen LogP contribution in [0.15, 0.2) is 91.4 Å². The van der Waals surface area contributed by atoms with Crippen LogP contribution < -0.4 is 20.9 Å². The van der Waals surface area contributed by atoms with Gasteiger partial charge in [0.2, 0.25) is 17.8 Å². The first-order valence-corrected chi connectivity index (χ1v) is 21.8. The number of piperazine rings is 1. The van der Waals surface area contributed by atoms with Crippen LogP contribution in [-0.2, 0) is 16.1 Å². The van der Waals surface area contributed by atoms with Crippen LogP contribution in [0.25, 0.3) is 11.3 Å². The molecule has 2 bridgehead atoms. The van der Waals surface area contributed by atoms with Crippen LogP contribution in [0.3, 0.4) is 0 Å². The Hall–Kier alpha value is -6.91. The van der Waals surface area contributed by atoms with Crippen LogP contribution in [-0.4, -0.2) is 110 Å². The summed E-state index contributed by atoms with van der Waals surface area (Å²) in [5.41, 5.74) is 6.13. The number of amides is 5. The number of anilines is 4. The fourth-order valence-corrected chi connectivity index (χ4v) is 9.90. The molecule has 16 heteroatoms. The number of piperidine rings is 2. The summed E-state index contributed by atoms with van der Waals surface area (Å²) >= 11 is 0. The van der Waals surface area contributed by atoms with E-state index >= 15 is 4.39 Å². The molecule has 4 fully saturated rings. The van der Waals surface area contributed by atoms with E-state index in [0.29, 0.717) is 35.3 Å². The predicted octanol–water partition coefficient (Wildman–Crippen LogP) is 5.56. The number of rotatable bonds is 11.